The van der Waals surface area contributed by atoms with E-state index >= 15 is 0 Å². The molecule has 2 N–H and O–H groups in total. The molecule has 1 saturated carbocycles. The van der Waals surface area contributed by atoms with Crippen LogP contribution in [0, 0.1) is 5.92 Å². The highest BCUT2D eigenvalue weighted by molar-refractivity contribution is 5.75. The Morgan fingerprint density at radius 1 is 1.43 bits per heavy atom. The fourth-order valence-electron chi connectivity index (χ4n) is 1.87. The maximum atomic E-state index is 11.5. The van der Waals surface area contributed by atoms with Crippen LogP contribution in [0.2, 0.25) is 0 Å². The number of hydroxylamine groups is 2. The molecule has 1 aliphatic carbocycles. The molecule has 4 heteroatoms. The van der Waals surface area contributed by atoms with Crippen molar-refractivity contribution < 1.29 is 9.63 Å². The summed E-state index contributed by atoms with van der Waals surface area (Å²) in [6, 6.07) is 0.349. The van der Waals surface area contributed by atoms with Gasteiger partial charge in [0.05, 0.1) is 7.11 Å². The Hall–Kier alpha value is -0.610. The van der Waals surface area contributed by atoms with Crippen LogP contribution in [0.1, 0.15) is 32.1 Å². The van der Waals surface area contributed by atoms with E-state index in [1.807, 2.05) is 0 Å². The predicted octanol–water partition coefficient (Wildman–Crippen LogP) is 0.914. The number of hydrogen-bond acceptors (Lipinski definition) is 3. The van der Waals surface area contributed by atoms with Gasteiger partial charge in [0, 0.05) is 19.5 Å². The van der Waals surface area contributed by atoms with Gasteiger partial charge in [-0.2, -0.15) is 0 Å². The molecule has 0 unspecified atom stereocenters. The van der Waals surface area contributed by atoms with Gasteiger partial charge in [0.25, 0.3) is 0 Å². The number of nitrogens with two attached hydrogens (primary N) is 1. The average Bonchev–Trinajstić information content (AvgIpc) is 2.20. The summed E-state index contributed by atoms with van der Waals surface area (Å²) in [7, 11) is 3.16. The van der Waals surface area contributed by atoms with Gasteiger partial charge in [0.2, 0.25) is 5.91 Å². The van der Waals surface area contributed by atoms with Gasteiger partial charge in [-0.25, -0.2) is 5.06 Å². The third kappa shape index (κ3) is 3.27. The topological polar surface area (TPSA) is 55.6 Å². The van der Waals surface area contributed by atoms with Gasteiger partial charge in [-0.15, -0.1) is 0 Å². The van der Waals surface area contributed by atoms with Crippen molar-refractivity contribution in [3.63, 3.8) is 0 Å². The Kier molecular flexibility index (Phi) is 4.35. The van der Waals surface area contributed by atoms with E-state index < -0.39 is 0 Å². The maximum absolute atomic E-state index is 11.5. The molecule has 0 bridgehead atoms. The maximum Gasteiger partial charge on any atom is 0.246 e. The average molecular weight is 200 g/mol. The highest BCUT2D eigenvalue weighted by Crippen LogP contribution is 2.26. The van der Waals surface area contributed by atoms with Crippen molar-refractivity contribution in [2.45, 2.75) is 38.1 Å². The van der Waals surface area contributed by atoms with E-state index in [1.165, 1.54) is 12.2 Å². The first-order valence-corrected chi connectivity index (χ1v) is 5.19. The molecule has 0 aliphatic heterocycles. The van der Waals surface area contributed by atoms with Crippen molar-refractivity contribution in [2.24, 2.45) is 11.7 Å². The summed E-state index contributed by atoms with van der Waals surface area (Å²) in [5.41, 5.74) is 5.79. The molecular weight excluding hydrogens is 180 g/mol. The van der Waals surface area contributed by atoms with Gasteiger partial charge in [0.1, 0.15) is 0 Å². The lowest BCUT2D eigenvalue weighted by molar-refractivity contribution is -0.169. The summed E-state index contributed by atoms with van der Waals surface area (Å²) in [5.74, 6) is 0.563. The third-order valence-electron chi connectivity index (χ3n) is 2.98. The lowest BCUT2D eigenvalue weighted by Gasteiger charge is -2.26. The fraction of sp³-hybridized carbons (Fsp3) is 0.900. The largest absolute Gasteiger partial charge is 0.328 e. The second-order valence-electron chi connectivity index (χ2n) is 4.06. The minimum atomic E-state index is 0.0629. The molecule has 4 nitrogen and oxygen atoms in total. The monoisotopic (exact) mass is 200 g/mol. The van der Waals surface area contributed by atoms with E-state index in [9.17, 15) is 4.79 Å². The van der Waals surface area contributed by atoms with Crippen molar-refractivity contribution in [1.82, 2.24) is 5.06 Å². The Labute approximate surface area is 85.3 Å². The predicted molar refractivity (Wildman–Crippen MR) is 54.3 cm³/mol. The zero-order valence-electron chi connectivity index (χ0n) is 9.03. The Bertz CT molecular complexity index is 189. The first kappa shape index (κ1) is 11.5. The summed E-state index contributed by atoms with van der Waals surface area (Å²) in [4.78, 5) is 16.3. The molecule has 0 spiro atoms. The second kappa shape index (κ2) is 5.32. The van der Waals surface area contributed by atoms with Gasteiger partial charge in [0.15, 0.2) is 0 Å². The lowest BCUT2D eigenvalue weighted by Crippen LogP contribution is -2.31. The third-order valence-corrected chi connectivity index (χ3v) is 2.98. The molecule has 0 atom stereocenters. The van der Waals surface area contributed by atoms with Crippen LogP contribution in [-0.2, 0) is 9.63 Å². The number of rotatable bonds is 3. The first-order valence-electron chi connectivity index (χ1n) is 5.19. The molecule has 14 heavy (non-hydrogen) atoms. The van der Waals surface area contributed by atoms with Crippen molar-refractivity contribution >= 4 is 5.91 Å². The van der Waals surface area contributed by atoms with E-state index in [2.05, 4.69) is 0 Å². The number of amides is 1. The minimum Gasteiger partial charge on any atom is -0.328 e. The molecule has 1 aliphatic rings. The molecule has 0 aromatic rings. The van der Waals surface area contributed by atoms with Crippen LogP contribution in [0.15, 0.2) is 0 Å². The van der Waals surface area contributed by atoms with E-state index in [1.54, 1.807) is 7.05 Å². The number of hydrogen-bond donors (Lipinski definition) is 1. The van der Waals surface area contributed by atoms with E-state index in [0.717, 1.165) is 25.7 Å². The lowest BCUT2D eigenvalue weighted by atomic mass is 9.84. The number of carbonyl (C=O) groups is 1. The molecule has 1 rings (SSSR count). The number of carbonyl (C=O) groups excluding carboxylic acids is 1. The minimum absolute atomic E-state index is 0.0629. The van der Waals surface area contributed by atoms with E-state index in [4.69, 9.17) is 10.6 Å². The van der Waals surface area contributed by atoms with Gasteiger partial charge < -0.3 is 5.73 Å². The Morgan fingerprint density at radius 2 is 2.00 bits per heavy atom. The molecule has 1 amide bonds. The summed E-state index contributed by atoms with van der Waals surface area (Å²) in [6.07, 6.45) is 4.84. The highest BCUT2D eigenvalue weighted by atomic mass is 16.7. The quantitative estimate of drug-likeness (QED) is 0.689. The van der Waals surface area contributed by atoms with Crippen molar-refractivity contribution in [2.75, 3.05) is 14.2 Å². The SMILES string of the molecule is CON(C)C(=O)C[C@H]1CC[C@H](N)CC1. The van der Waals surface area contributed by atoms with E-state index in [0.29, 0.717) is 18.4 Å². The van der Waals surface area contributed by atoms with Crippen molar-refractivity contribution in [3.05, 3.63) is 0 Å². The second-order valence-corrected chi connectivity index (χ2v) is 4.06. The standard InChI is InChI=1S/C10H20N2O2/c1-12(14-2)10(13)7-8-3-5-9(11)6-4-8/h8-9H,3-7,11H2,1-2H3/t8-,9-. The molecule has 0 aromatic carbocycles. The van der Waals surface area contributed by atoms with Gasteiger partial charge in [-0.05, 0) is 31.6 Å². The molecule has 1 fully saturated rings. The smallest absolute Gasteiger partial charge is 0.246 e. The molecule has 82 valence electrons. The molecule has 0 heterocycles. The summed E-state index contributed by atoms with van der Waals surface area (Å²) >= 11 is 0. The van der Waals surface area contributed by atoms with Crippen LogP contribution < -0.4 is 5.73 Å². The first-order chi connectivity index (χ1) is 6.63. The summed E-state index contributed by atoms with van der Waals surface area (Å²) in [5, 5.41) is 1.30. The van der Waals surface area contributed by atoms with Gasteiger partial charge in [-0.3, -0.25) is 9.63 Å². The Balaban J connectivity index is 2.27. The fourth-order valence-corrected chi connectivity index (χ4v) is 1.87. The van der Waals surface area contributed by atoms with E-state index in [-0.39, 0.29) is 5.91 Å². The summed E-state index contributed by atoms with van der Waals surface area (Å²) < 4.78 is 0. The van der Waals surface area contributed by atoms with Crippen LogP contribution in [0.5, 0.6) is 0 Å². The van der Waals surface area contributed by atoms with Gasteiger partial charge >= 0.3 is 0 Å². The molecular formula is C10H20N2O2. The highest BCUT2D eigenvalue weighted by Gasteiger charge is 2.22. The van der Waals surface area contributed by atoms with Crippen LogP contribution >= 0.6 is 0 Å². The molecule has 0 radical (unpaired) electrons. The van der Waals surface area contributed by atoms with Gasteiger partial charge in [-0.1, -0.05) is 0 Å². The number of nitrogens with zero attached hydrogens (tertiary/aromatic N) is 1. The van der Waals surface area contributed by atoms with Crippen molar-refractivity contribution in [1.29, 1.82) is 0 Å². The zero-order chi connectivity index (χ0) is 10.6. The van der Waals surface area contributed by atoms with Crippen LogP contribution in [0.3, 0.4) is 0 Å². The van der Waals surface area contributed by atoms with Crippen molar-refractivity contribution in [3.8, 4) is 0 Å². The van der Waals surface area contributed by atoms with Crippen LogP contribution in [0.4, 0.5) is 0 Å². The molecule has 0 aromatic heterocycles. The molecule has 0 saturated heterocycles. The summed E-state index contributed by atoms with van der Waals surface area (Å²) in [6.45, 7) is 0. The zero-order valence-corrected chi connectivity index (χ0v) is 9.03. The Morgan fingerprint density at radius 3 is 2.50 bits per heavy atom. The van der Waals surface area contributed by atoms with Crippen LogP contribution in [-0.4, -0.2) is 31.2 Å². The normalized spacial score (nSPS) is 27.4. The van der Waals surface area contributed by atoms with Crippen LogP contribution in [0.25, 0.3) is 0 Å².